The number of amides is 1. The molecule has 2 heterocycles. The minimum absolute atomic E-state index is 0.0500. The molecule has 3 aromatic rings. The number of unbranched alkanes of at least 4 members (excludes halogenated alkanes) is 2. The molecule has 1 amide bonds. The average molecular weight is 534 g/mol. The summed E-state index contributed by atoms with van der Waals surface area (Å²) in [5.41, 5.74) is 3.15. The minimum Gasteiger partial charge on any atom is -0.339 e. The maximum Gasteiger partial charge on any atom is 0.270 e. The Labute approximate surface area is 232 Å². The van der Waals surface area contributed by atoms with Gasteiger partial charge in [-0.1, -0.05) is 51.7 Å². The van der Waals surface area contributed by atoms with E-state index in [9.17, 15) is 14.9 Å². The van der Waals surface area contributed by atoms with Crippen molar-refractivity contribution in [2.24, 2.45) is 0 Å². The molecule has 8 nitrogen and oxygen atoms in total. The summed E-state index contributed by atoms with van der Waals surface area (Å²) in [4.78, 5) is 34.1. The van der Waals surface area contributed by atoms with Gasteiger partial charge >= 0.3 is 0 Å². The lowest BCUT2D eigenvalue weighted by atomic mass is 10.1. The number of rotatable bonds is 13. The molecule has 0 saturated carbocycles. The van der Waals surface area contributed by atoms with E-state index >= 15 is 0 Å². The molecule has 0 unspecified atom stereocenters. The van der Waals surface area contributed by atoms with Crippen molar-refractivity contribution in [2.75, 3.05) is 32.7 Å². The smallest absolute Gasteiger partial charge is 0.270 e. The molecule has 1 saturated heterocycles. The molecule has 0 atom stereocenters. The van der Waals surface area contributed by atoms with Crippen LogP contribution < -0.4 is 0 Å². The summed E-state index contributed by atoms with van der Waals surface area (Å²) in [6, 6.07) is 12.5. The quantitative estimate of drug-likeness (QED) is 0.176. The second kappa shape index (κ2) is 14.2. The third-order valence-corrected chi connectivity index (χ3v) is 7.72. The van der Waals surface area contributed by atoms with Crippen molar-refractivity contribution < 1.29 is 9.72 Å². The standard InChI is InChI=1S/C31H43N5O3/c1-3-5-20-34(21-6-4-2)31(37)26-15-16-28-29(24-26)35(22-12-19-33-17-9-7-8-10-18-33)30(32-28)25-13-11-14-27(23-25)36(38)39/h11,13-16,23-24H,3-10,12,17-22H2,1-2H3. The van der Waals surface area contributed by atoms with Gasteiger partial charge in [-0.2, -0.15) is 0 Å². The van der Waals surface area contributed by atoms with Gasteiger partial charge in [0.15, 0.2) is 0 Å². The second-order valence-electron chi connectivity index (χ2n) is 10.7. The van der Waals surface area contributed by atoms with E-state index in [0.29, 0.717) is 11.4 Å². The Morgan fingerprint density at radius 2 is 1.67 bits per heavy atom. The lowest BCUT2D eigenvalue weighted by Crippen LogP contribution is -2.33. The molecule has 39 heavy (non-hydrogen) atoms. The van der Waals surface area contributed by atoms with E-state index in [4.69, 9.17) is 4.98 Å². The number of carbonyl (C=O) groups excluding carboxylic acids is 1. The number of hydrogen-bond donors (Lipinski definition) is 0. The number of aromatic nitrogens is 2. The van der Waals surface area contributed by atoms with E-state index in [0.717, 1.165) is 88.0 Å². The zero-order valence-corrected chi connectivity index (χ0v) is 23.6. The highest BCUT2D eigenvalue weighted by atomic mass is 16.6. The van der Waals surface area contributed by atoms with Gasteiger partial charge in [0.25, 0.3) is 11.6 Å². The number of likely N-dealkylation sites (tertiary alicyclic amines) is 1. The molecular weight excluding hydrogens is 490 g/mol. The van der Waals surface area contributed by atoms with Gasteiger partial charge in [-0.25, -0.2) is 4.98 Å². The molecule has 0 spiro atoms. The van der Waals surface area contributed by atoms with Crippen molar-refractivity contribution in [3.05, 3.63) is 58.1 Å². The SMILES string of the molecule is CCCCN(CCCC)C(=O)c1ccc2nc(-c3cccc([N+](=O)[O-])c3)n(CCCN3CCCCCC3)c2c1. The lowest BCUT2D eigenvalue weighted by molar-refractivity contribution is -0.384. The van der Waals surface area contributed by atoms with E-state index < -0.39 is 0 Å². The van der Waals surface area contributed by atoms with Gasteiger partial charge in [0.05, 0.1) is 16.0 Å². The van der Waals surface area contributed by atoms with Crippen LogP contribution >= 0.6 is 0 Å². The van der Waals surface area contributed by atoms with Gasteiger partial charge in [0, 0.05) is 42.9 Å². The van der Waals surface area contributed by atoms with Crippen LogP contribution in [0.25, 0.3) is 22.4 Å². The monoisotopic (exact) mass is 533 g/mol. The van der Waals surface area contributed by atoms with Gasteiger partial charge in [0.1, 0.15) is 5.82 Å². The van der Waals surface area contributed by atoms with Crippen molar-refractivity contribution in [1.82, 2.24) is 19.4 Å². The summed E-state index contributed by atoms with van der Waals surface area (Å²) in [6.07, 6.45) is 10.2. The number of hydrogen-bond acceptors (Lipinski definition) is 5. The molecule has 1 aliphatic rings. The maximum absolute atomic E-state index is 13.6. The van der Waals surface area contributed by atoms with Gasteiger partial charge in [-0.05, 0) is 69.9 Å². The van der Waals surface area contributed by atoms with Crippen LogP contribution in [-0.2, 0) is 6.54 Å². The Kier molecular flexibility index (Phi) is 10.5. The number of nitro groups is 1. The number of nitro benzene ring substituents is 1. The summed E-state index contributed by atoms with van der Waals surface area (Å²) < 4.78 is 2.16. The molecule has 1 aliphatic heterocycles. The minimum atomic E-state index is -0.367. The molecule has 0 radical (unpaired) electrons. The number of non-ortho nitro benzene ring substituents is 1. The van der Waals surface area contributed by atoms with Gasteiger partial charge in [-0.3, -0.25) is 14.9 Å². The lowest BCUT2D eigenvalue weighted by Gasteiger charge is -2.22. The Morgan fingerprint density at radius 1 is 0.949 bits per heavy atom. The first-order chi connectivity index (χ1) is 19.0. The van der Waals surface area contributed by atoms with E-state index in [2.05, 4.69) is 23.3 Å². The highest BCUT2D eigenvalue weighted by Crippen LogP contribution is 2.29. The average Bonchev–Trinajstić information content (AvgIpc) is 3.11. The van der Waals surface area contributed by atoms with Crippen LogP contribution in [0.1, 0.15) is 82.0 Å². The molecular formula is C31H43N5O3. The highest BCUT2D eigenvalue weighted by molar-refractivity contribution is 5.98. The molecule has 2 aromatic carbocycles. The third-order valence-electron chi connectivity index (χ3n) is 7.72. The maximum atomic E-state index is 13.6. The van der Waals surface area contributed by atoms with Crippen molar-refractivity contribution in [3.8, 4) is 11.4 Å². The molecule has 1 aromatic heterocycles. The molecule has 0 bridgehead atoms. The fourth-order valence-electron chi connectivity index (χ4n) is 5.47. The number of carbonyl (C=O) groups is 1. The number of imidazole rings is 1. The van der Waals surface area contributed by atoms with Crippen LogP contribution in [0, 0.1) is 10.1 Å². The van der Waals surface area contributed by atoms with Crippen LogP contribution in [0.4, 0.5) is 5.69 Å². The number of aryl methyl sites for hydroxylation is 1. The second-order valence-corrected chi connectivity index (χ2v) is 10.7. The van der Waals surface area contributed by atoms with E-state index in [1.807, 2.05) is 29.2 Å². The first-order valence-electron chi connectivity index (χ1n) is 14.8. The largest absolute Gasteiger partial charge is 0.339 e. The van der Waals surface area contributed by atoms with Crippen molar-refractivity contribution >= 4 is 22.6 Å². The predicted molar refractivity (Wildman–Crippen MR) is 157 cm³/mol. The molecule has 1 fully saturated rings. The summed E-state index contributed by atoms with van der Waals surface area (Å²) in [7, 11) is 0. The van der Waals surface area contributed by atoms with Crippen LogP contribution in [0.3, 0.4) is 0 Å². The molecule has 4 rings (SSSR count). The Morgan fingerprint density at radius 3 is 2.33 bits per heavy atom. The summed E-state index contributed by atoms with van der Waals surface area (Å²) >= 11 is 0. The fraction of sp³-hybridized carbons (Fsp3) is 0.548. The van der Waals surface area contributed by atoms with Crippen LogP contribution in [0.5, 0.6) is 0 Å². The molecule has 210 valence electrons. The Balaban J connectivity index is 1.68. The van der Waals surface area contributed by atoms with Crippen molar-refractivity contribution in [3.63, 3.8) is 0 Å². The summed E-state index contributed by atoms with van der Waals surface area (Å²) in [6.45, 7) is 9.86. The normalized spacial score (nSPS) is 14.4. The van der Waals surface area contributed by atoms with E-state index in [1.165, 1.54) is 31.7 Å². The van der Waals surface area contributed by atoms with Crippen LogP contribution in [0.2, 0.25) is 0 Å². The topological polar surface area (TPSA) is 84.5 Å². The zero-order chi connectivity index (χ0) is 27.6. The Bertz CT molecular complexity index is 1240. The predicted octanol–water partition coefficient (Wildman–Crippen LogP) is 6.92. The summed E-state index contributed by atoms with van der Waals surface area (Å²) in [5, 5.41) is 11.5. The van der Waals surface area contributed by atoms with Gasteiger partial charge in [-0.15, -0.1) is 0 Å². The number of benzene rings is 2. The van der Waals surface area contributed by atoms with E-state index in [1.54, 1.807) is 12.1 Å². The van der Waals surface area contributed by atoms with Crippen molar-refractivity contribution in [2.45, 2.75) is 78.2 Å². The third kappa shape index (κ3) is 7.44. The molecule has 0 N–H and O–H groups in total. The van der Waals surface area contributed by atoms with Gasteiger partial charge < -0.3 is 14.4 Å². The molecule has 0 aliphatic carbocycles. The van der Waals surface area contributed by atoms with Gasteiger partial charge in [0.2, 0.25) is 0 Å². The Hall–Kier alpha value is -3.26. The number of fused-ring (bicyclic) bond motifs is 1. The fourth-order valence-corrected chi connectivity index (χ4v) is 5.47. The first kappa shape index (κ1) is 28.7. The summed E-state index contributed by atoms with van der Waals surface area (Å²) in [5.74, 6) is 0.774. The van der Waals surface area contributed by atoms with Crippen LogP contribution in [0.15, 0.2) is 42.5 Å². The first-order valence-corrected chi connectivity index (χ1v) is 14.8. The number of nitrogens with zero attached hydrogens (tertiary/aromatic N) is 5. The molecule has 8 heteroatoms. The van der Waals surface area contributed by atoms with Crippen LogP contribution in [-0.4, -0.2) is 62.9 Å². The van der Waals surface area contributed by atoms with E-state index in [-0.39, 0.29) is 16.5 Å². The highest BCUT2D eigenvalue weighted by Gasteiger charge is 2.20. The van der Waals surface area contributed by atoms with Crippen molar-refractivity contribution in [1.29, 1.82) is 0 Å². The zero-order valence-electron chi connectivity index (χ0n) is 23.6.